The number of rotatable bonds is 4. The van der Waals surface area contributed by atoms with Gasteiger partial charge in [-0.25, -0.2) is 4.68 Å². The van der Waals surface area contributed by atoms with Gasteiger partial charge in [0, 0.05) is 17.1 Å². The van der Waals surface area contributed by atoms with Crippen LogP contribution in [0.5, 0.6) is 0 Å². The van der Waals surface area contributed by atoms with Crippen LogP contribution in [0.3, 0.4) is 0 Å². The lowest BCUT2D eigenvalue weighted by Gasteiger charge is -2.10. The van der Waals surface area contributed by atoms with Gasteiger partial charge in [-0.2, -0.15) is 0 Å². The molecular formula is C12H14BrClN4. The molecule has 0 radical (unpaired) electrons. The summed E-state index contributed by atoms with van der Waals surface area (Å²) >= 11 is 9.46. The molecule has 0 aliphatic carbocycles. The molecular weight excluding hydrogens is 316 g/mol. The summed E-state index contributed by atoms with van der Waals surface area (Å²) in [6.45, 7) is 4.92. The largest absolute Gasteiger partial charge is 0.309 e. The standard InChI is InChI=1S/C12H14BrClN4/c1-8(2)15-6-10-7-16-17-18(10)9-3-4-11(13)12(14)5-9/h3-5,7-8,15H,6H2,1-2H3. The highest BCUT2D eigenvalue weighted by atomic mass is 79.9. The zero-order valence-corrected chi connectivity index (χ0v) is 12.5. The molecule has 1 aromatic carbocycles. The molecule has 0 bridgehead atoms. The lowest BCUT2D eigenvalue weighted by Crippen LogP contribution is -2.23. The molecule has 2 aromatic rings. The molecule has 0 fully saturated rings. The van der Waals surface area contributed by atoms with Crippen LogP contribution in [0.2, 0.25) is 5.02 Å². The third-order valence-corrected chi connectivity index (χ3v) is 3.69. The first-order chi connectivity index (χ1) is 8.58. The molecule has 6 heteroatoms. The average molecular weight is 330 g/mol. The van der Waals surface area contributed by atoms with Crippen molar-refractivity contribution in [2.75, 3.05) is 0 Å². The van der Waals surface area contributed by atoms with Gasteiger partial charge in [-0.3, -0.25) is 0 Å². The normalized spacial score (nSPS) is 11.2. The number of nitrogens with one attached hydrogen (secondary N) is 1. The van der Waals surface area contributed by atoms with Crippen LogP contribution < -0.4 is 5.32 Å². The van der Waals surface area contributed by atoms with Crippen molar-refractivity contribution in [3.05, 3.63) is 39.6 Å². The first-order valence-corrected chi connectivity index (χ1v) is 6.83. The van der Waals surface area contributed by atoms with Gasteiger partial charge in [-0.05, 0) is 34.1 Å². The molecule has 0 spiro atoms. The van der Waals surface area contributed by atoms with Gasteiger partial charge in [0.15, 0.2) is 0 Å². The zero-order chi connectivity index (χ0) is 13.1. The number of aromatic nitrogens is 3. The molecule has 0 saturated heterocycles. The van der Waals surface area contributed by atoms with Gasteiger partial charge >= 0.3 is 0 Å². The van der Waals surface area contributed by atoms with Gasteiger partial charge in [-0.1, -0.05) is 30.7 Å². The third-order valence-electron chi connectivity index (χ3n) is 2.46. The SMILES string of the molecule is CC(C)NCc1cnnn1-c1ccc(Br)c(Cl)c1. The minimum atomic E-state index is 0.418. The topological polar surface area (TPSA) is 42.7 Å². The number of hydrogen-bond acceptors (Lipinski definition) is 3. The van der Waals surface area contributed by atoms with Gasteiger partial charge in [0.1, 0.15) is 0 Å². The molecule has 2 rings (SSSR count). The van der Waals surface area contributed by atoms with Gasteiger partial charge in [0.2, 0.25) is 0 Å². The molecule has 1 aromatic heterocycles. The van der Waals surface area contributed by atoms with Crippen LogP contribution in [0.4, 0.5) is 0 Å². The highest BCUT2D eigenvalue weighted by molar-refractivity contribution is 9.10. The Morgan fingerprint density at radius 3 is 2.89 bits per heavy atom. The van der Waals surface area contributed by atoms with Crippen LogP contribution in [0.1, 0.15) is 19.5 Å². The van der Waals surface area contributed by atoms with Crippen LogP contribution in [-0.4, -0.2) is 21.0 Å². The number of halogens is 2. The highest BCUT2D eigenvalue weighted by Crippen LogP contribution is 2.25. The van der Waals surface area contributed by atoms with Crippen molar-refractivity contribution < 1.29 is 0 Å². The van der Waals surface area contributed by atoms with E-state index in [1.807, 2.05) is 18.2 Å². The van der Waals surface area contributed by atoms with Crippen molar-refractivity contribution >= 4 is 27.5 Å². The van der Waals surface area contributed by atoms with Gasteiger partial charge in [-0.15, -0.1) is 5.10 Å². The fourth-order valence-corrected chi connectivity index (χ4v) is 1.94. The Bertz CT molecular complexity index is 539. The molecule has 0 unspecified atom stereocenters. The van der Waals surface area contributed by atoms with E-state index in [9.17, 15) is 0 Å². The van der Waals surface area contributed by atoms with Gasteiger partial charge < -0.3 is 5.32 Å². The quantitative estimate of drug-likeness (QED) is 0.937. The monoisotopic (exact) mass is 328 g/mol. The Morgan fingerprint density at radius 1 is 1.44 bits per heavy atom. The number of benzene rings is 1. The molecule has 18 heavy (non-hydrogen) atoms. The summed E-state index contributed by atoms with van der Waals surface area (Å²) in [7, 11) is 0. The van der Waals surface area contributed by atoms with E-state index in [0.717, 1.165) is 22.4 Å². The molecule has 1 N–H and O–H groups in total. The van der Waals surface area contributed by atoms with E-state index >= 15 is 0 Å². The molecule has 0 saturated carbocycles. The first kappa shape index (κ1) is 13.5. The van der Waals surface area contributed by atoms with Crippen molar-refractivity contribution in [2.24, 2.45) is 0 Å². The third kappa shape index (κ3) is 3.10. The Labute approximate surface area is 119 Å². The van der Waals surface area contributed by atoms with E-state index in [-0.39, 0.29) is 0 Å². The second-order valence-electron chi connectivity index (χ2n) is 4.27. The summed E-state index contributed by atoms with van der Waals surface area (Å²) in [6, 6.07) is 6.13. The van der Waals surface area contributed by atoms with E-state index in [4.69, 9.17) is 11.6 Å². The highest BCUT2D eigenvalue weighted by Gasteiger charge is 2.08. The van der Waals surface area contributed by atoms with Crippen molar-refractivity contribution in [3.8, 4) is 5.69 Å². The molecule has 0 aliphatic rings. The number of nitrogens with zero attached hydrogens (tertiary/aromatic N) is 3. The molecule has 0 amide bonds. The average Bonchev–Trinajstić information content (AvgIpc) is 2.78. The van der Waals surface area contributed by atoms with Crippen LogP contribution in [0.25, 0.3) is 5.69 Å². The smallest absolute Gasteiger partial charge is 0.0783 e. The second kappa shape index (κ2) is 5.82. The minimum absolute atomic E-state index is 0.418. The lowest BCUT2D eigenvalue weighted by atomic mass is 10.3. The van der Waals surface area contributed by atoms with Crippen molar-refractivity contribution in [1.82, 2.24) is 20.3 Å². The number of hydrogen-bond donors (Lipinski definition) is 1. The van der Waals surface area contributed by atoms with E-state index in [1.54, 1.807) is 10.9 Å². The Kier molecular flexibility index (Phi) is 4.37. The zero-order valence-electron chi connectivity index (χ0n) is 10.2. The Hall–Kier alpha value is -0.910. The predicted molar refractivity (Wildman–Crippen MR) is 76.0 cm³/mol. The van der Waals surface area contributed by atoms with E-state index in [0.29, 0.717) is 11.1 Å². The van der Waals surface area contributed by atoms with E-state index in [2.05, 4.69) is 45.4 Å². The van der Waals surface area contributed by atoms with Crippen LogP contribution in [-0.2, 0) is 6.54 Å². The minimum Gasteiger partial charge on any atom is -0.309 e. The molecule has 1 heterocycles. The first-order valence-electron chi connectivity index (χ1n) is 5.66. The maximum atomic E-state index is 6.09. The van der Waals surface area contributed by atoms with Crippen LogP contribution in [0, 0.1) is 0 Å². The Balaban J connectivity index is 2.27. The lowest BCUT2D eigenvalue weighted by molar-refractivity contribution is 0.570. The molecule has 0 aliphatic heterocycles. The summed E-state index contributed by atoms with van der Waals surface area (Å²) in [5.74, 6) is 0. The summed E-state index contributed by atoms with van der Waals surface area (Å²) < 4.78 is 2.66. The second-order valence-corrected chi connectivity index (χ2v) is 5.53. The fourth-order valence-electron chi connectivity index (χ4n) is 1.52. The molecule has 96 valence electrons. The fraction of sp³-hybridized carbons (Fsp3) is 0.333. The van der Waals surface area contributed by atoms with Crippen LogP contribution >= 0.6 is 27.5 Å². The van der Waals surface area contributed by atoms with Crippen LogP contribution in [0.15, 0.2) is 28.9 Å². The van der Waals surface area contributed by atoms with Gasteiger partial charge in [0.05, 0.1) is 22.6 Å². The van der Waals surface area contributed by atoms with Crippen molar-refractivity contribution in [3.63, 3.8) is 0 Å². The summed E-state index contributed by atoms with van der Waals surface area (Å²) in [5.41, 5.74) is 1.91. The maximum Gasteiger partial charge on any atom is 0.0783 e. The van der Waals surface area contributed by atoms with Crippen molar-refractivity contribution in [1.29, 1.82) is 0 Å². The summed E-state index contributed by atoms with van der Waals surface area (Å²) in [6.07, 6.45) is 1.76. The molecule has 0 atom stereocenters. The van der Waals surface area contributed by atoms with Gasteiger partial charge in [0.25, 0.3) is 0 Å². The Morgan fingerprint density at radius 2 is 2.22 bits per heavy atom. The van der Waals surface area contributed by atoms with E-state index in [1.165, 1.54) is 0 Å². The molecule has 4 nitrogen and oxygen atoms in total. The van der Waals surface area contributed by atoms with Crippen molar-refractivity contribution in [2.45, 2.75) is 26.4 Å². The summed E-state index contributed by atoms with van der Waals surface area (Å²) in [4.78, 5) is 0. The van der Waals surface area contributed by atoms with E-state index < -0.39 is 0 Å². The predicted octanol–water partition coefficient (Wildman–Crippen LogP) is 3.18. The summed E-state index contributed by atoms with van der Waals surface area (Å²) in [5, 5.41) is 12.0. The maximum absolute atomic E-state index is 6.09.